The molecule has 0 spiro atoms. The number of nitrogens with one attached hydrogen (secondary N) is 4. The molecular formula is C13H12N4O3. The minimum atomic E-state index is -0.654. The van der Waals surface area contributed by atoms with Crippen LogP contribution in [0.15, 0.2) is 33.9 Å². The lowest BCUT2D eigenvalue weighted by atomic mass is 9.98. The van der Waals surface area contributed by atoms with Crippen LogP contribution in [0.4, 0.5) is 10.6 Å². The highest BCUT2D eigenvalue weighted by atomic mass is 16.2. The van der Waals surface area contributed by atoms with Crippen LogP contribution < -0.4 is 21.9 Å². The van der Waals surface area contributed by atoms with E-state index >= 15 is 0 Å². The van der Waals surface area contributed by atoms with E-state index in [2.05, 4.69) is 20.6 Å². The van der Waals surface area contributed by atoms with Gasteiger partial charge in [-0.25, -0.2) is 9.59 Å². The third kappa shape index (κ3) is 1.99. The SMILES string of the molecule is Cc1ccc(C2NC(=O)Nc3[nH]c(=O)[nH]c(=O)c32)cc1. The molecule has 2 aromatic rings. The number of hydrogen-bond donors (Lipinski definition) is 4. The molecule has 2 heterocycles. The van der Waals surface area contributed by atoms with Crippen LogP contribution in [-0.2, 0) is 0 Å². The summed E-state index contributed by atoms with van der Waals surface area (Å²) in [6.07, 6.45) is 0. The Morgan fingerprint density at radius 3 is 2.40 bits per heavy atom. The quantitative estimate of drug-likeness (QED) is 0.610. The summed E-state index contributed by atoms with van der Waals surface area (Å²) in [7, 11) is 0. The van der Waals surface area contributed by atoms with Crippen molar-refractivity contribution in [2.24, 2.45) is 0 Å². The van der Waals surface area contributed by atoms with E-state index in [-0.39, 0.29) is 11.4 Å². The molecule has 1 unspecified atom stereocenters. The first kappa shape index (κ1) is 12.2. The molecule has 0 saturated heterocycles. The molecule has 1 atom stereocenters. The number of urea groups is 1. The Bertz CT molecular complexity index is 788. The summed E-state index contributed by atoms with van der Waals surface area (Å²) in [4.78, 5) is 39.5. The van der Waals surface area contributed by atoms with Gasteiger partial charge in [0.1, 0.15) is 5.82 Å². The van der Waals surface area contributed by atoms with Gasteiger partial charge in [0, 0.05) is 0 Å². The number of aromatic amines is 2. The first-order valence-corrected chi connectivity index (χ1v) is 6.05. The van der Waals surface area contributed by atoms with Crippen LogP contribution in [0.1, 0.15) is 22.7 Å². The number of benzene rings is 1. The van der Waals surface area contributed by atoms with Gasteiger partial charge < -0.3 is 5.32 Å². The minimum absolute atomic E-state index is 0.132. The number of carbonyl (C=O) groups excluding carboxylic acids is 1. The lowest BCUT2D eigenvalue weighted by Gasteiger charge is -2.26. The van der Waals surface area contributed by atoms with Crippen LogP contribution in [0, 0.1) is 6.92 Å². The lowest BCUT2D eigenvalue weighted by molar-refractivity contribution is 0.248. The van der Waals surface area contributed by atoms with Gasteiger partial charge in [-0.2, -0.15) is 0 Å². The Hall–Kier alpha value is -2.83. The summed E-state index contributed by atoms with van der Waals surface area (Å²) in [6.45, 7) is 1.95. The van der Waals surface area contributed by atoms with Gasteiger partial charge in [-0.1, -0.05) is 29.8 Å². The van der Waals surface area contributed by atoms with Crippen molar-refractivity contribution in [3.8, 4) is 0 Å². The Labute approximate surface area is 113 Å². The maximum Gasteiger partial charge on any atom is 0.327 e. The molecule has 3 rings (SSSR count). The van der Waals surface area contributed by atoms with Gasteiger partial charge in [-0.3, -0.25) is 20.1 Å². The van der Waals surface area contributed by atoms with Crippen molar-refractivity contribution in [2.75, 3.05) is 5.32 Å². The van der Waals surface area contributed by atoms with Crippen molar-refractivity contribution in [3.63, 3.8) is 0 Å². The molecule has 1 aliphatic heterocycles. The Balaban J connectivity index is 2.19. The van der Waals surface area contributed by atoms with E-state index in [4.69, 9.17) is 0 Å². The molecule has 1 aromatic heterocycles. The number of rotatable bonds is 1. The molecule has 102 valence electrons. The second kappa shape index (κ2) is 4.37. The first-order chi connectivity index (χ1) is 9.54. The van der Waals surface area contributed by atoms with Crippen molar-refractivity contribution >= 4 is 11.8 Å². The number of carbonyl (C=O) groups is 1. The monoisotopic (exact) mass is 272 g/mol. The third-order valence-corrected chi connectivity index (χ3v) is 3.19. The van der Waals surface area contributed by atoms with Gasteiger partial charge in [0.25, 0.3) is 5.56 Å². The van der Waals surface area contributed by atoms with Crippen molar-refractivity contribution < 1.29 is 4.79 Å². The van der Waals surface area contributed by atoms with Gasteiger partial charge in [-0.05, 0) is 12.5 Å². The maximum absolute atomic E-state index is 12.0. The molecule has 0 saturated carbocycles. The van der Waals surface area contributed by atoms with Crippen LogP contribution in [-0.4, -0.2) is 16.0 Å². The molecule has 2 amide bonds. The van der Waals surface area contributed by atoms with E-state index in [0.717, 1.165) is 11.1 Å². The third-order valence-electron chi connectivity index (χ3n) is 3.19. The molecule has 0 radical (unpaired) electrons. The number of amides is 2. The predicted molar refractivity (Wildman–Crippen MR) is 72.9 cm³/mol. The molecule has 4 N–H and O–H groups in total. The topological polar surface area (TPSA) is 107 Å². The fraction of sp³-hybridized carbons (Fsp3) is 0.154. The first-order valence-electron chi connectivity index (χ1n) is 6.05. The average Bonchev–Trinajstić information content (AvgIpc) is 2.37. The summed E-state index contributed by atoms with van der Waals surface area (Å²) in [5.74, 6) is 0.132. The zero-order valence-electron chi connectivity index (χ0n) is 10.6. The van der Waals surface area contributed by atoms with Gasteiger partial charge in [-0.15, -0.1) is 0 Å². The molecule has 1 aromatic carbocycles. The zero-order chi connectivity index (χ0) is 14.3. The van der Waals surface area contributed by atoms with Crippen molar-refractivity contribution in [1.29, 1.82) is 0 Å². The number of hydrogen-bond acceptors (Lipinski definition) is 3. The Morgan fingerprint density at radius 1 is 1.00 bits per heavy atom. The fourth-order valence-corrected chi connectivity index (χ4v) is 2.23. The number of aromatic nitrogens is 2. The molecular weight excluding hydrogens is 260 g/mol. The van der Waals surface area contributed by atoms with Gasteiger partial charge in [0.2, 0.25) is 0 Å². The van der Waals surface area contributed by atoms with E-state index in [9.17, 15) is 14.4 Å². The summed E-state index contributed by atoms with van der Waals surface area (Å²) < 4.78 is 0. The second-order valence-corrected chi connectivity index (χ2v) is 4.64. The van der Waals surface area contributed by atoms with E-state index in [1.807, 2.05) is 31.2 Å². The van der Waals surface area contributed by atoms with Crippen LogP contribution >= 0.6 is 0 Å². The number of H-pyrrole nitrogens is 2. The summed E-state index contributed by atoms with van der Waals surface area (Å²) in [5, 5.41) is 5.10. The van der Waals surface area contributed by atoms with Crippen molar-refractivity contribution in [3.05, 3.63) is 61.8 Å². The highest BCUT2D eigenvalue weighted by molar-refractivity contribution is 5.92. The van der Waals surface area contributed by atoms with Crippen LogP contribution in [0.5, 0.6) is 0 Å². The molecule has 7 nitrogen and oxygen atoms in total. The smallest absolute Gasteiger partial charge is 0.327 e. The highest BCUT2D eigenvalue weighted by Crippen LogP contribution is 2.26. The predicted octanol–water partition coefficient (Wildman–Crippen LogP) is 0.596. The summed E-state index contributed by atoms with van der Waals surface area (Å²) in [5.41, 5.74) is 0.947. The molecule has 0 bridgehead atoms. The number of fused-ring (bicyclic) bond motifs is 1. The van der Waals surface area contributed by atoms with Gasteiger partial charge in [0.15, 0.2) is 0 Å². The van der Waals surface area contributed by atoms with Crippen LogP contribution in [0.3, 0.4) is 0 Å². The largest absolute Gasteiger partial charge is 0.327 e. The maximum atomic E-state index is 12.0. The van der Waals surface area contributed by atoms with E-state index in [0.29, 0.717) is 0 Å². The minimum Gasteiger partial charge on any atom is -0.327 e. The summed E-state index contributed by atoms with van der Waals surface area (Å²) in [6, 6.07) is 6.38. The van der Waals surface area contributed by atoms with E-state index in [1.165, 1.54) is 0 Å². The molecule has 20 heavy (non-hydrogen) atoms. The van der Waals surface area contributed by atoms with Crippen LogP contribution in [0.2, 0.25) is 0 Å². The molecule has 7 heteroatoms. The lowest BCUT2D eigenvalue weighted by Crippen LogP contribution is -2.44. The fourth-order valence-electron chi connectivity index (χ4n) is 2.23. The average molecular weight is 272 g/mol. The summed E-state index contributed by atoms with van der Waals surface area (Å²) >= 11 is 0. The highest BCUT2D eigenvalue weighted by Gasteiger charge is 2.29. The van der Waals surface area contributed by atoms with Crippen molar-refractivity contribution in [1.82, 2.24) is 15.3 Å². The molecule has 0 aliphatic carbocycles. The van der Waals surface area contributed by atoms with Gasteiger partial charge >= 0.3 is 11.7 Å². The van der Waals surface area contributed by atoms with Crippen LogP contribution in [0.25, 0.3) is 0 Å². The number of anilines is 1. The standard InChI is InChI=1S/C13H12N4O3/c1-6-2-4-7(5-3-6)9-8-10(15-12(19)14-9)16-13(20)17-11(8)18/h2-5,9H,1H3,(H4,14,15,16,17,18,19,20). The zero-order valence-corrected chi connectivity index (χ0v) is 10.6. The molecule has 0 fully saturated rings. The van der Waals surface area contributed by atoms with E-state index < -0.39 is 23.3 Å². The Kier molecular flexibility index (Phi) is 2.67. The molecule has 1 aliphatic rings. The number of aryl methyl sites for hydroxylation is 1. The van der Waals surface area contributed by atoms with Crippen molar-refractivity contribution in [2.45, 2.75) is 13.0 Å². The normalized spacial score (nSPS) is 17.1. The van der Waals surface area contributed by atoms with E-state index in [1.54, 1.807) is 0 Å². The second-order valence-electron chi connectivity index (χ2n) is 4.64. The Morgan fingerprint density at radius 2 is 1.70 bits per heavy atom. The van der Waals surface area contributed by atoms with Gasteiger partial charge in [0.05, 0.1) is 11.6 Å².